The molecule has 0 spiro atoms. The van der Waals surface area contributed by atoms with Gasteiger partial charge in [0, 0.05) is 17.6 Å². The van der Waals surface area contributed by atoms with Crippen molar-refractivity contribution in [2.75, 3.05) is 10.6 Å². The number of benzene rings is 1. The molecular weight excluding hydrogens is 323 g/mol. The van der Waals surface area contributed by atoms with E-state index in [1.54, 1.807) is 24.4 Å². The SMILES string of the molecule is C=CC(=C)Nc1ncc(Br)c(Nc2cccc(F)c2)n1. The van der Waals surface area contributed by atoms with Crippen LogP contribution < -0.4 is 10.6 Å². The molecule has 0 atom stereocenters. The first-order valence-electron chi connectivity index (χ1n) is 5.72. The van der Waals surface area contributed by atoms with Crippen molar-refractivity contribution in [1.82, 2.24) is 9.97 Å². The number of halogens is 2. The van der Waals surface area contributed by atoms with Crippen LogP contribution in [0.2, 0.25) is 0 Å². The van der Waals surface area contributed by atoms with Crippen molar-refractivity contribution < 1.29 is 4.39 Å². The van der Waals surface area contributed by atoms with E-state index in [1.165, 1.54) is 12.1 Å². The Morgan fingerprint density at radius 2 is 2.20 bits per heavy atom. The maximum Gasteiger partial charge on any atom is 0.229 e. The molecule has 0 aliphatic carbocycles. The van der Waals surface area contributed by atoms with E-state index in [4.69, 9.17) is 0 Å². The van der Waals surface area contributed by atoms with Crippen LogP contribution in [0.15, 0.2) is 59.9 Å². The van der Waals surface area contributed by atoms with Gasteiger partial charge in [-0.2, -0.15) is 4.98 Å². The van der Waals surface area contributed by atoms with Gasteiger partial charge >= 0.3 is 0 Å². The molecule has 0 fully saturated rings. The Balaban J connectivity index is 2.24. The summed E-state index contributed by atoms with van der Waals surface area (Å²) in [6.45, 7) is 7.32. The predicted octanol–water partition coefficient (Wildman–Crippen LogP) is 4.23. The van der Waals surface area contributed by atoms with Gasteiger partial charge in [-0.05, 0) is 40.2 Å². The Kier molecular flexibility index (Phi) is 4.47. The Morgan fingerprint density at radius 3 is 2.90 bits per heavy atom. The summed E-state index contributed by atoms with van der Waals surface area (Å²) in [5, 5.41) is 5.90. The summed E-state index contributed by atoms with van der Waals surface area (Å²) in [7, 11) is 0. The molecule has 2 rings (SSSR count). The lowest BCUT2D eigenvalue weighted by atomic mass is 10.3. The number of hydrogen-bond donors (Lipinski definition) is 2. The molecule has 2 aromatic rings. The molecule has 102 valence electrons. The van der Waals surface area contributed by atoms with Crippen LogP contribution in [0.3, 0.4) is 0 Å². The molecule has 20 heavy (non-hydrogen) atoms. The average molecular weight is 335 g/mol. The lowest BCUT2D eigenvalue weighted by molar-refractivity contribution is 0.628. The highest BCUT2D eigenvalue weighted by molar-refractivity contribution is 9.10. The van der Waals surface area contributed by atoms with E-state index in [0.29, 0.717) is 27.6 Å². The molecule has 1 aromatic heterocycles. The van der Waals surface area contributed by atoms with Crippen LogP contribution in [-0.4, -0.2) is 9.97 Å². The molecule has 0 saturated carbocycles. The summed E-state index contributed by atoms with van der Waals surface area (Å²) in [6, 6.07) is 6.12. The Hall–Kier alpha value is -2.21. The summed E-state index contributed by atoms with van der Waals surface area (Å²) in [5.41, 5.74) is 1.18. The van der Waals surface area contributed by atoms with E-state index in [-0.39, 0.29) is 5.82 Å². The summed E-state index contributed by atoms with van der Waals surface area (Å²) in [6.07, 6.45) is 3.15. The average Bonchev–Trinajstić information content (AvgIpc) is 2.42. The van der Waals surface area contributed by atoms with Gasteiger partial charge in [0.25, 0.3) is 0 Å². The lowest BCUT2D eigenvalue weighted by Crippen LogP contribution is -2.03. The monoisotopic (exact) mass is 334 g/mol. The summed E-state index contributed by atoms with van der Waals surface area (Å²) in [5.74, 6) is 0.570. The molecule has 0 aliphatic heterocycles. The normalized spacial score (nSPS) is 9.90. The molecule has 0 amide bonds. The Morgan fingerprint density at radius 1 is 1.40 bits per heavy atom. The number of allylic oxidation sites excluding steroid dienone is 1. The first-order chi connectivity index (χ1) is 9.58. The molecule has 0 aliphatic rings. The highest BCUT2D eigenvalue weighted by Crippen LogP contribution is 2.24. The highest BCUT2D eigenvalue weighted by atomic mass is 79.9. The summed E-state index contributed by atoms with van der Waals surface area (Å²) >= 11 is 3.34. The Labute approximate surface area is 124 Å². The van der Waals surface area contributed by atoms with Crippen LogP contribution in [-0.2, 0) is 0 Å². The highest BCUT2D eigenvalue weighted by Gasteiger charge is 2.06. The van der Waals surface area contributed by atoms with E-state index < -0.39 is 0 Å². The summed E-state index contributed by atoms with van der Waals surface area (Å²) < 4.78 is 13.8. The van der Waals surface area contributed by atoms with Gasteiger partial charge in [-0.15, -0.1) is 0 Å². The first kappa shape index (κ1) is 14.2. The van der Waals surface area contributed by atoms with Gasteiger partial charge < -0.3 is 10.6 Å². The van der Waals surface area contributed by atoms with Gasteiger partial charge in [0.15, 0.2) is 0 Å². The molecule has 1 heterocycles. The van der Waals surface area contributed by atoms with Crippen molar-refractivity contribution in [2.45, 2.75) is 0 Å². The topological polar surface area (TPSA) is 49.8 Å². The van der Waals surface area contributed by atoms with Gasteiger partial charge in [-0.25, -0.2) is 9.37 Å². The molecular formula is C14H12BrFN4. The molecule has 4 nitrogen and oxygen atoms in total. The van der Waals surface area contributed by atoms with Crippen LogP contribution in [0, 0.1) is 5.82 Å². The number of hydrogen-bond acceptors (Lipinski definition) is 4. The fourth-order valence-corrected chi connectivity index (χ4v) is 1.70. The largest absolute Gasteiger partial charge is 0.339 e. The first-order valence-corrected chi connectivity index (χ1v) is 6.51. The van der Waals surface area contributed by atoms with E-state index >= 15 is 0 Å². The molecule has 0 saturated heterocycles. The minimum absolute atomic E-state index is 0.321. The van der Waals surface area contributed by atoms with Crippen LogP contribution >= 0.6 is 15.9 Å². The lowest BCUT2D eigenvalue weighted by Gasteiger charge is -2.10. The number of aromatic nitrogens is 2. The fraction of sp³-hybridized carbons (Fsp3) is 0. The van der Waals surface area contributed by atoms with Gasteiger partial charge in [0.2, 0.25) is 5.95 Å². The Bertz CT molecular complexity index is 657. The molecule has 0 unspecified atom stereocenters. The molecule has 2 N–H and O–H groups in total. The van der Waals surface area contributed by atoms with Crippen LogP contribution in [0.5, 0.6) is 0 Å². The van der Waals surface area contributed by atoms with Crippen molar-refractivity contribution in [2.24, 2.45) is 0 Å². The van der Waals surface area contributed by atoms with Gasteiger partial charge in [-0.1, -0.05) is 19.2 Å². The van der Waals surface area contributed by atoms with Gasteiger partial charge in [0.1, 0.15) is 11.6 Å². The van der Waals surface area contributed by atoms with E-state index in [9.17, 15) is 4.39 Å². The number of anilines is 3. The molecule has 0 bridgehead atoms. The quantitative estimate of drug-likeness (QED) is 0.803. The minimum Gasteiger partial charge on any atom is -0.339 e. The van der Waals surface area contributed by atoms with Crippen molar-refractivity contribution in [1.29, 1.82) is 0 Å². The number of nitrogens with one attached hydrogen (secondary N) is 2. The van der Waals surface area contributed by atoms with Gasteiger partial charge in [-0.3, -0.25) is 0 Å². The smallest absolute Gasteiger partial charge is 0.229 e. The standard InChI is InChI=1S/C14H12BrFN4/c1-3-9(2)18-14-17-8-12(15)13(20-14)19-11-6-4-5-10(16)7-11/h3-8H,1-2H2,(H2,17,18,19,20). The van der Waals surface area contributed by atoms with Crippen molar-refractivity contribution >= 4 is 33.4 Å². The zero-order valence-corrected chi connectivity index (χ0v) is 12.1. The predicted molar refractivity (Wildman–Crippen MR) is 82.4 cm³/mol. The van der Waals surface area contributed by atoms with Crippen molar-refractivity contribution in [3.63, 3.8) is 0 Å². The fourth-order valence-electron chi connectivity index (χ4n) is 1.41. The third-order valence-corrected chi connectivity index (χ3v) is 2.93. The minimum atomic E-state index is -0.321. The summed E-state index contributed by atoms with van der Waals surface area (Å²) in [4.78, 5) is 8.37. The second-order valence-corrected chi connectivity index (χ2v) is 4.73. The van der Waals surface area contributed by atoms with Crippen LogP contribution in [0.25, 0.3) is 0 Å². The van der Waals surface area contributed by atoms with E-state index in [0.717, 1.165) is 0 Å². The van der Waals surface area contributed by atoms with Gasteiger partial charge in [0.05, 0.1) is 4.47 Å². The number of rotatable bonds is 5. The molecule has 0 radical (unpaired) electrons. The zero-order valence-electron chi connectivity index (χ0n) is 10.5. The van der Waals surface area contributed by atoms with Crippen LogP contribution in [0.1, 0.15) is 0 Å². The number of nitrogens with zero attached hydrogens (tertiary/aromatic N) is 2. The van der Waals surface area contributed by atoms with E-state index in [2.05, 4.69) is 49.7 Å². The molecule has 1 aromatic carbocycles. The molecule has 6 heteroatoms. The van der Waals surface area contributed by atoms with E-state index in [1.807, 2.05) is 0 Å². The second kappa shape index (κ2) is 6.29. The maximum absolute atomic E-state index is 13.1. The van der Waals surface area contributed by atoms with Crippen molar-refractivity contribution in [3.8, 4) is 0 Å². The third-order valence-electron chi connectivity index (χ3n) is 2.35. The van der Waals surface area contributed by atoms with Crippen LogP contribution in [0.4, 0.5) is 21.8 Å². The third kappa shape index (κ3) is 3.64. The van der Waals surface area contributed by atoms with Crippen molar-refractivity contribution in [3.05, 3.63) is 65.7 Å². The maximum atomic E-state index is 13.1. The zero-order chi connectivity index (χ0) is 14.5. The second-order valence-electron chi connectivity index (χ2n) is 3.88.